The second kappa shape index (κ2) is 3.23. The number of carbonyl (C=O) groups excluding carboxylic acids is 2. The number of β-lactam (4-membered cyclic amide) rings is 1. The molecule has 0 aliphatic carbocycles. The third kappa shape index (κ3) is 1.29. The van der Waals surface area contributed by atoms with Crippen molar-refractivity contribution in [2.75, 3.05) is 0 Å². The van der Waals surface area contributed by atoms with E-state index < -0.39 is 22.7 Å². The van der Waals surface area contributed by atoms with Gasteiger partial charge in [0.15, 0.2) is 0 Å². The maximum Gasteiger partial charge on any atom is 0.327 e. The van der Waals surface area contributed by atoms with Crippen LogP contribution in [0.3, 0.4) is 0 Å². The van der Waals surface area contributed by atoms with E-state index in [9.17, 15) is 14.4 Å². The number of hydrogen-bond acceptors (Lipinski definition) is 4. The highest BCUT2D eigenvalue weighted by atomic mass is 32.2. The summed E-state index contributed by atoms with van der Waals surface area (Å²) in [6.45, 7) is 4.96. The normalized spacial score (nSPS) is 35.6. The van der Waals surface area contributed by atoms with E-state index in [1.165, 1.54) is 23.6 Å². The highest BCUT2D eigenvalue weighted by molar-refractivity contribution is 8.01. The Bertz CT molecular complexity index is 392. The van der Waals surface area contributed by atoms with Crippen molar-refractivity contribution in [3.63, 3.8) is 0 Å². The second-order valence-electron chi connectivity index (χ2n) is 4.69. The van der Waals surface area contributed by atoms with E-state index >= 15 is 0 Å². The van der Waals surface area contributed by atoms with Crippen LogP contribution >= 0.6 is 11.8 Å². The number of hydrogen-bond donors (Lipinski definition) is 1. The zero-order valence-corrected chi connectivity index (χ0v) is 10.1. The van der Waals surface area contributed by atoms with E-state index in [1.54, 1.807) is 13.8 Å². The molecular weight excluding hydrogens is 230 g/mol. The Morgan fingerprint density at radius 2 is 2.00 bits per heavy atom. The first-order valence-corrected chi connectivity index (χ1v) is 5.88. The number of carbonyl (C=O) groups is 3. The molecule has 5 nitrogen and oxygen atoms in total. The SMILES string of the molecule is CC(=O)C1C(=O)N2[C@@H]1SC(C)(C)[C@@H]2C(=O)O. The Kier molecular flexibility index (Phi) is 2.31. The number of Topliss-reactive ketones (excluding diaryl/α,β-unsaturated/α-hetero) is 1. The predicted octanol–water partition coefficient (Wildman–Crippen LogP) is 0.338. The van der Waals surface area contributed by atoms with Crippen molar-refractivity contribution >= 4 is 29.4 Å². The lowest BCUT2D eigenvalue weighted by Crippen LogP contribution is -2.64. The van der Waals surface area contributed by atoms with Gasteiger partial charge in [0.05, 0.1) is 5.37 Å². The highest BCUT2D eigenvalue weighted by Crippen LogP contribution is 2.53. The minimum Gasteiger partial charge on any atom is -0.480 e. The number of thioether (sulfide) groups is 1. The molecule has 2 aliphatic rings. The summed E-state index contributed by atoms with van der Waals surface area (Å²) in [6.07, 6.45) is 0. The smallest absolute Gasteiger partial charge is 0.327 e. The molecule has 2 fully saturated rings. The van der Waals surface area contributed by atoms with Gasteiger partial charge in [0.2, 0.25) is 5.91 Å². The first-order chi connectivity index (χ1) is 7.27. The maximum absolute atomic E-state index is 11.7. The topological polar surface area (TPSA) is 74.7 Å². The number of carboxylic acid groups (broad SMARTS) is 1. The summed E-state index contributed by atoms with van der Waals surface area (Å²) >= 11 is 1.40. The predicted molar refractivity (Wildman–Crippen MR) is 57.9 cm³/mol. The Labute approximate surface area is 97.2 Å². The Hall–Kier alpha value is -1.04. The first kappa shape index (κ1) is 11.4. The molecule has 0 saturated carbocycles. The minimum atomic E-state index is -1.00. The average Bonchev–Trinajstić information content (AvgIpc) is 2.33. The number of aliphatic carboxylic acids is 1. The lowest BCUT2D eigenvalue weighted by molar-refractivity contribution is -0.165. The Morgan fingerprint density at radius 3 is 2.44 bits per heavy atom. The van der Waals surface area contributed by atoms with Crippen molar-refractivity contribution < 1.29 is 19.5 Å². The Balaban J connectivity index is 2.32. The van der Waals surface area contributed by atoms with Gasteiger partial charge in [-0.05, 0) is 20.8 Å². The van der Waals surface area contributed by atoms with E-state index in [0.29, 0.717) is 0 Å². The molecule has 0 bridgehead atoms. The molecule has 0 radical (unpaired) electrons. The van der Waals surface area contributed by atoms with Gasteiger partial charge in [0.25, 0.3) is 0 Å². The molecule has 2 rings (SSSR count). The summed E-state index contributed by atoms with van der Waals surface area (Å²) in [5.74, 6) is -2.17. The minimum absolute atomic E-state index is 0.180. The fourth-order valence-electron chi connectivity index (χ4n) is 2.39. The average molecular weight is 243 g/mol. The lowest BCUT2D eigenvalue weighted by Gasteiger charge is -2.42. The molecule has 0 aromatic rings. The van der Waals surface area contributed by atoms with Gasteiger partial charge >= 0.3 is 5.97 Å². The van der Waals surface area contributed by atoms with Gasteiger partial charge in [0, 0.05) is 4.75 Å². The van der Waals surface area contributed by atoms with E-state index in [1.807, 2.05) is 0 Å². The number of amides is 1. The van der Waals surface area contributed by atoms with Gasteiger partial charge in [-0.25, -0.2) is 4.79 Å². The molecule has 1 N–H and O–H groups in total. The van der Waals surface area contributed by atoms with Gasteiger partial charge in [0.1, 0.15) is 17.7 Å². The van der Waals surface area contributed by atoms with Gasteiger partial charge < -0.3 is 10.0 Å². The van der Waals surface area contributed by atoms with Crippen LogP contribution in [0.15, 0.2) is 0 Å². The van der Waals surface area contributed by atoms with Crippen LogP contribution in [-0.4, -0.2) is 43.8 Å². The van der Waals surface area contributed by atoms with Crippen LogP contribution in [0.4, 0.5) is 0 Å². The van der Waals surface area contributed by atoms with Crippen LogP contribution in [0, 0.1) is 5.92 Å². The number of ketones is 1. The summed E-state index contributed by atoms with van der Waals surface area (Å²) in [5, 5.41) is 8.83. The monoisotopic (exact) mass is 243 g/mol. The van der Waals surface area contributed by atoms with Crippen LogP contribution < -0.4 is 0 Å². The molecule has 0 aromatic heterocycles. The van der Waals surface area contributed by atoms with Crippen LogP contribution in [0.1, 0.15) is 20.8 Å². The largest absolute Gasteiger partial charge is 0.480 e. The molecule has 88 valence electrons. The number of rotatable bonds is 2. The van der Waals surface area contributed by atoms with E-state index in [4.69, 9.17) is 5.11 Å². The molecule has 2 aliphatic heterocycles. The highest BCUT2D eigenvalue weighted by Gasteiger charge is 2.64. The molecule has 1 amide bonds. The number of nitrogens with zero attached hydrogens (tertiary/aromatic N) is 1. The standard InChI is InChI=1S/C10H13NO4S/c1-4(12)5-7(13)11-6(9(14)15)10(2,3)16-8(5)11/h5-6,8H,1-3H3,(H,14,15)/t5?,6-,8+/m0/s1. The molecule has 2 saturated heterocycles. The van der Waals surface area contributed by atoms with Crippen molar-refractivity contribution in [1.82, 2.24) is 4.90 Å². The Morgan fingerprint density at radius 1 is 1.44 bits per heavy atom. The van der Waals surface area contributed by atoms with Crippen LogP contribution in [0.5, 0.6) is 0 Å². The summed E-state index contributed by atoms with van der Waals surface area (Å²) in [5.41, 5.74) is 0. The van der Waals surface area contributed by atoms with Crippen molar-refractivity contribution in [3.8, 4) is 0 Å². The molecule has 1 unspecified atom stereocenters. The van der Waals surface area contributed by atoms with Crippen LogP contribution in [-0.2, 0) is 14.4 Å². The molecule has 0 aromatic carbocycles. The molecule has 2 heterocycles. The summed E-state index contributed by atoms with van der Waals surface area (Å²) in [6, 6.07) is -0.828. The number of fused-ring (bicyclic) bond motifs is 1. The molecular formula is C10H13NO4S. The summed E-state index contributed by atoms with van der Waals surface area (Å²) in [4.78, 5) is 35.4. The molecule has 3 atom stereocenters. The van der Waals surface area contributed by atoms with Gasteiger partial charge in [-0.2, -0.15) is 0 Å². The van der Waals surface area contributed by atoms with Crippen molar-refractivity contribution in [1.29, 1.82) is 0 Å². The lowest BCUT2D eigenvalue weighted by atomic mass is 9.89. The fourth-order valence-corrected chi connectivity index (χ4v) is 4.14. The second-order valence-corrected chi connectivity index (χ2v) is 6.46. The maximum atomic E-state index is 11.7. The zero-order valence-electron chi connectivity index (χ0n) is 9.26. The molecule has 6 heteroatoms. The summed E-state index contributed by atoms with van der Waals surface area (Å²) < 4.78 is -0.545. The van der Waals surface area contributed by atoms with Crippen molar-refractivity contribution in [3.05, 3.63) is 0 Å². The van der Waals surface area contributed by atoms with Crippen molar-refractivity contribution in [2.45, 2.75) is 36.9 Å². The van der Waals surface area contributed by atoms with Crippen molar-refractivity contribution in [2.24, 2.45) is 5.92 Å². The van der Waals surface area contributed by atoms with E-state index in [-0.39, 0.29) is 17.1 Å². The van der Waals surface area contributed by atoms with E-state index in [0.717, 1.165) is 0 Å². The van der Waals surface area contributed by atoms with Gasteiger partial charge in [-0.3, -0.25) is 9.59 Å². The van der Waals surface area contributed by atoms with E-state index in [2.05, 4.69) is 0 Å². The van der Waals surface area contributed by atoms with Gasteiger partial charge in [-0.1, -0.05) is 0 Å². The zero-order chi connectivity index (χ0) is 12.2. The quantitative estimate of drug-likeness (QED) is 0.559. The first-order valence-electron chi connectivity index (χ1n) is 5.00. The van der Waals surface area contributed by atoms with Crippen LogP contribution in [0.25, 0.3) is 0 Å². The van der Waals surface area contributed by atoms with Gasteiger partial charge in [-0.15, -0.1) is 11.8 Å². The molecule has 16 heavy (non-hydrogen) atoms. The summed E-state index contributed by atoms with van der Waals surface area (Å²) in [7, 11) is 0. The third-order valence-corrected chi connectivity index (χ3v) is 4.68. The molecule has 0 spiro atoms. The fraction of sp³-hybridized carbons (Fsp3) is 0.700. The number of carboxylic acids is 1. The van der Waals surface area contributed by atoms with Crippen LogP contribution in [0.2, 0.25) is 0 Å². The third-order valence-electron chi connectivity index (χ3n) is 3.11.